The van der Waals surface area contributed by atoms with E-state index in [1.54, 1.807) is 24.3 Å². The van der Waals surface area contributed by atoms with Crippen molar-refractivity contribution in [3.63, 3.8) is 0 Å². The second kappa shape index (κ2) is 9.31. The Bertz CT molecular complexity index is 1390. The molecule has 150 valence electrons. The first-order valence-corrected chi connectivity index (χ1v) is 10.1. The molecule has 0 saturated heterocycles. The predicted molar refractivity (Wildman–Crippen MR) is 126 cm³/mol. The molecule has 4 aromatic rings. The van der Waals surface area contributed by atoms with Crippen molar-refractivity contribution < 1.29 is 0 Å². The highest BCUT2D eigenvalue weighted by Gasteiger charge is 2.14. The van der Waals surface area contributed by atoms with E-state index in [1.165, 1.54) is 16.3 Å². The SMILES string of the molecule is N#CC(C#N)=C(C#N)c1ccc(N(Cc2cccc3ccccc23)c2ccccc2)cc1. The van der Waals surface area contributed by atoms with Crippen LogP contribution >= 0.6 is 0 Å². The minimum Gasteiger partial charge on any atom is -0.337 e. The van der Waals surface area contributed by atoms with E-state index in [2.05, 4.69) is 47.4 Å². The van der Waals surface area contributed by atoms with Crippen molar-refractivity contribution in [3.8, 4) is 18.2 Å². The van der Waals surface area contributed by atoms with Crippen molar-refractivity contribution in [1.82, 2.24) is 0 Å². The Morgan fingerprint density at radius 3 is 1.94 bits per heavy atom. The lowest BCUT2D eigenvalue weighted by Gasteiger charge is -2.26. The molecule has 32 heavy (non-hydrogen) atoms. The molecule has 4 aromatic carbocycles. The van der Waals surface area contributed by atoms with E-state index >= 15 is 0 Å². The highest BCUT2D eigenvalue weighted by molar-refractivity contribution is 5.87. The first-order chi connectivity index (χ1) is 15.7. The van der Waals surface area contributed by atoms with Gasteiger partial charge in [-0.15, -0.1) is 0 Å². The van der Waals surface area contributed by atoms with Crippen LogP contribution in [0.25, 0.3) is 16.3 Å². The molecule has 0 heterocycles. The molecule has 0 aromatic heterocycles. The van der Waals surface area contributed by atoms with E-state index in [4.69, 9.17) is 10.5 Å². The summed E-state index contributed by atoms with van der Waals surface area (Å²) >= 11 is 0. The third kappa shape index (κ3) is 4.05. The van der Waals surface area contributed by atoms with Crippen molar-refractivity contribution in [2.75, 3.05) is 4.90 Å². The van der Waals surface area contributed by atoms with Gasteiger partial charge in [-0.2, -0.15) is 15.8 Å². The van der Waals surface area contributed by atoms with Crippen LogP contribution in [0.1, 0.15) is 11.1 Å². The summed E-state index contributed by atoms with van der Waals surface area (Å²) in [7, 11) is 0. The Balaban J connectivity index is 1.77. The van der Waals surface area contributed by atoms with Crippen molar-refractivity contribution in [3.05, 3.63) is 114 Å². The molecule has 0 radical (unpaired) electrons. The number of hydrogen-bond donors (Lipinski definition) is 0. The second-order valence-corrected chi connectivity index (χ2v) is 7.19. The van der Waals surface area contributed by atoms with Gasteiger partial charge in [0.1, 0.15) is 23.8 Å². The van der Waals surface area contributed by atoms with Gasteiger partial charge < -0.3 is 4.90 Å². The molecule has 0 fully saturated rings. The fourth-order valence-electron chi connectivity index (χ4n) is 3.75. The normalized spacial score (nSPS) is 9.91. The van der Waals surface area contributed by atoms with Crippen molar-refractivity contribution in [2.24, 2.45) is 0 Å². The monoisotopic (exact) mass is 410 g/mol. The van der Waals surface area contributed by atoms with Crippen LogP contribution in [0, 0.1) is 34.0 Å². The Labute approximate surface area is 187 Å². The first-order valence-electron chi connectivity index (χ1n) is 10.1. The van der Waals surface area contributed by atoms with Gasteiger partial charge >= 0.3 is 0 Å². The summed E-state index contributed by atoms with van der Waals surface area (Å²) in [5, 5.41) is 30.1. The molecule has 4 rings (SSSR count). The molecular formula is C28H18N4. The van der Waals surface area contributed by atoms with E-state index in [9.17, 15) is 5.26 Å². The van der Waals surface area contributed by atoms with Gasteiger partial charge in [-0.3, -0.25) is 0 Å². The summed E-state index contributed by atoms with van der Waals surface area (Å²) in [6.45, 7) is 0.660. The Kier molecular flexibility index (Phi) is 5.94. The largest absolute Gasteiger partial charge is 0.337 e. The molecule has 0 saturated carbocycles. The molecule has 0 amide bonds. The van der Waals surface area contributed by atoms with E-state index in [0.717, 1.165) is 11.4 Å². The zero-order valence-electron chi connectivity index (χ0n) is 17.2. The van der Waals surface area contributed by atoms with Crippen LogP contribution in [0.5, 0.6) is 0 Å². The predicted octanol–water partition coefficient (Wildman–Crippen LogP) is 6.50. The molecule has 0 aliphatic carbocycles. The fourth-order valence-corrected chi connectivity index (χ4v) is 3.75. The lowest BCUT2D eigenvalue weighted by atomic mass is 10.0. The number of benzene rings is 4. The maximum absolute atomic E-state index is 9.44. The summed E-state index contributed by atoms with van der Waals surface area (Å²) in [5.74, 6) is 0. The molecule has 4 heteroatoms. The summed E-state index contributed by atoms with van der Waals surface area (Å²) in [6, 6.07) is 37.7. The number of nitrogens with zero attached hydrogens (tertiary/aromatic N) is 4. The van der Waals surface area contributed by atoms with Gasteiger partial charge in [0.05, 0.1) is 5.57 Å². The highest BCUT2D eigenvalue weighted by Crippen LogP contribution is 2.31. The van der Waals surface area contributed by atoms with Gasteiger partial charge in [0.15, 0.2) is 0 Å². The number of nitriles is 3. The minimum atomic E-state index is -0.184. The van der Waals surface area contributed by atoms with Crippen LogP contribution < -0.4 is 4.90 Å². The number of rotatable bonds is 5. The lowest BCUT2D eigenvalue weighted by Crippen LogP contribution is -2.16. The molecule has 0 N–H and O–H groups in total. The molecule has 0 atom stereocenters. The Morgan fingerprint density at radius 1 is 0.625 bits per heavy atom. The third-order valence-electron chi connectivity index (χ3n) is 5.33. The van der Waals surface area contributed by atoms with Crippen LogP contribution in [0.2, 0.25) is 0 Å². The third-order valence-corrected chi connectivity index (χ3v) is 5.33. The average Bonchev–Trinajstić information content (AvgIpc) is 2.86. The minimum absolute atomic E-state index is 0.0851. The Hall–Kier alpha value is -4.85. The molecule has 0 aliphatic rings. The summed E-state index contributed by atoms with van der Waals surface area (Å²) in [6.07, 6.45) is 0. The van der Waals surface area contributed by atoms with E-state index in [0.29, 0.717) is 12.1 Å². The number of anilines is 2. The van der Waals surface area contributed by atoms with Gasteiger partial charge in [0.2, 0.25) is 0 Å². The number of para-hydroxylation sites is 1. The summed E-state index contributed by atoms with van der Waals surface area (Å²) in [5.41, 5.74) is 3.63. The van der Waals surface area contributed by atoms with Gasteiger partial charge in [0.25, 0.3) is 0 Å². The maximum Gasteiger partial charge on any atom is 0.148 e. The first kappa shape index (κ1) is 20.4. The van der Waals surface area contributed by atoms with E-state index in [1.807, 2.05) is 48.5 Å². The van der Waals surface area contributed by atoms with E-state index < -0.39 is 0 Å². The molecule has 0 aliphatic heterocycles. The number of fused-ring (bicyclic) bond motifs is 1. The summed E-state index contributed by atoms with van der Waals surface area (Å²) in [4.78, 5) is 2.21. The number of hydrogen-bond acceptors (Lipinski definition) is 4. The smallest absolute Gasteiger partial charge is 0.148 e. The van der Waals surface area contributed by atoms with Crippen molar-refractivity contribution >= 4 is 27.7 Å². The van der Waals surface area contributed by atoms with Crippen molar-refractivity contribution in [1.29, 1.82) is 15.8 Å². The van der Waals surface area contributed by atoms with Crippen molar-refractivity contribution in [2.45, 2.75) is 6.54 Å². The quantitative estimate of drug-likeness (QED) is 0.352. The highest BCUT2D eigenvalue weighted by atomic mass is 15.1. The fraction of sp³-hybridized carbons (Fsp3) is 0.0357. The lowest BCUT2D eigenvalue weighted by molar-refractivity contribution is 0.984. The Morgan fingerprint density at radius 2 is 1.25 bits per heavy atom. The van der Waals surface area contributed by atoms with Gasteiger partial charge in [0, 0.05) is 17.9 Å². The van der Waals surface area contributed by atoms with Gasteiger partial charge in [-0.1, -0.05) is 72.8 Å². The van der Waals surface area contributed by atoms with Crippen LogP contribution in [-0.4, -0.2) is 0 Å². The topological polar surface area (TPSA) is 74.6 Å². The maximum atomic E-state index is 9.44. The molecule has 0 spiro atoms. The molecule has 0 unspecified atom stereocenters. The second-order valence-electron chi connectivity index (χ2n) is 7.19. The molecule has 0 bridgehead atoms. The van der Waals surface area contributed by atoms with Gasteiger partial charge in [-0.25, -0.2) is 0 Å². The van der Waals surface area contributed by atoms with Crippen LogP contribution in [0.4, 0.5) is 11.4 Å². The zero-order valence-corrected chi connectivity index (χ0v) is 17.2. The standard InChI is InChI=1S/C28H18N4/c29-17-24(18-30)28(19-31)22-13-15-26(16-14-22)32(25-10-2-1-3-11-25)20-23-9-6-8-21-7-4-5-12-27(21)23/h1-16H,20H2. The summed E-state index contributed by atoms with van der Waals surface area (Å²) < 4.78 is 0. The average molecular weight is 410 g/mol. The molecular weight excluding hydrogens is 392 g/mol. The van der Waals surface area contributed by atoms with Gasteiger partial charge in [-0.05, 0) is 46.2 Å². The number of allylic oxidation sites excluding steroid dienone is 2. The molecule has 4 nitrogen and oxygen atoms in total. The zero-order chi connectivity index (χ0) is 22.3. The van der Waals surface area contributed by atoms with Crippen LogP contribution in [0.15, 0.2) is 103 Å². The van der Waals surface area contributed by atoms with E-state index in [-0.39, 0.29) is 11.1 Å². The van der Waals surface area contributed by atoms with Crippen LogP contribution in [0.3, 0.4) is 0 Å². The van der Waals surface area contributed by atoms with Crippen LogP contribution in [-0.2, 0) is 6.54 Å².